The molecule has 3 heterocycles. The average Bonchev–Trinajstić information content (AvgIpc) is 3.27. The molecule has 134 valence electrons. The molecule has 1 spiro atoms. The zero-order chi connectivity index (χ0) is 17.0. The number of hydrogen-bond acceptors (Lipinski definition) is 6. The van der Waals surface area contributed by atoms with Crippen LogP contribution in [0.2, 0.25) is 0 Å². The average molecular weight is 359 g/mol. The highest BCUT2D eigenvalue weighted by atomic mass is 32.1. The zero-order valence-electron chi connectivity index (χ0n) is 14.5. The van der Waals surface area contributed by atoms with E-state index in [9.17, 15) is 0 Å². The summed E-state index contributed by atoms with van der Waals surface area (Å²) in [7, 11) is 0. The Kier molecular flexibility index (Phi) is 5.41. The Hall–Kier alpha value is -1.34. The summed E-state index contributed by atoms with van der Waals surface area (Å²) in [5.41, 5.74) is 0.948. The molecule has 0 radical (unpaired) electrons. The van der Waals surface area contributed by atoms with Gasteiger partial charge >= 0.3 is 0 Å². The van der Waals surface area contributed by atoms with Crippen molar-refractivity contribution in [3.8, 4) is 0 Å². The molecule has 0 bridgehead atoms. The van der Waals surface area contributed by atoms with Gasteiger partial charge in [0, 0.05) is 36.8 Å². The van der Waals surface area contributed by atoms with Crippen molar-refractivity contribution in [2.24, 2.45) is 5.92 Å². The lowest BCUT2D eigenvalue weighted by Crippen LogP contribution is -2.54. The minimum absolute atomic E-state index is 0.0420. The van der Waals surface area contributed by atoms with E-state index in [2.05, 4.69) is 20.2 Å². The summed E-state index contributed by atoms with van der Waals surface area (Å²) in [6.45, 7) is 5.05. The SMILES string of the molecule is c1ccc(COC[C@@H]2CCC[C@]23CN(Cc2nccs2)CCO3)nc1. The number of nitrogens with zero attached hydrogens (tertiary/aromatic N) is 3. The van der Waals surface area contributed by atoms with Crippen molar-refractivity contribution < 1.29 is 9.47 Å². The number of aromatic nitrogens is 2. The van der Waals surface area contributed by atoms with Crippen LogP contribution in [0.5, 0.6) is 0 Å². The highest BCUT2D eigenvalue weighted by molar-refractivity contribution is 7.09. The molecule has 2 atom stereocenters. The van der Waals surface area contributed by atoms with Gasteiger partial charge in [-0.05, 0) is 25.0 Å². The summed E-state index contributed by atoms with van der Waals surface area (Å²) in [5, 5.41) is 3.24. The van der Waals surface area contributed by atoms with Gasteiger partial charge in [-0.1, -0.05) is 12.5 Å². The molecule has 0 amide bonds. The number of ether oxygens (including phenoxy) is 2. The summed E-state index contributed by atoms with van der Waals surface area (Å²) in [6, 6.07) is 5.95. The molecular weight excluding hydrogens is 334 g/mol. The lowest BCUT2D eigenvalue weighted by Gasteiger charge is -2.44. The van der Waals surface area contributed by atoms with Crippen molar-refractivity contribution in [2.75, 3.05) is 26.3 Å². The van der Waals surface area contributed by atoms with E-state index in [0.29, 0.717) is 12.5 Å². The maximum absolute atomic E-state index is 6.34. The molecule has 2 fully saturated rings. The van der Waals surface area contributed by atoms with E-state index in [1.165, 1.54) is 17.8 Å². The molecule has 1 saturated carbocycles. The van der Waals surface area contributed by atoms with E-state index in [1.54, 1.807) is 11.3 Å². The lowest BCUT2D eigenvalue weighted by atomic mass is 9.89. The highest BCUT2D eigenvalue weighted by Crippen LogP contribution is 2.41. The molecule has 1 saturated heterocycles. The number of rotatable bonds is 6. The minimum atomic E-state index is -0.0420. The van der Waals surface area contributed by atoms with Gasteiger partial charge in [-0.3, -0.25) is 9.88 Å². The van der Waals surface area contributed by atoms with E-state index in [-0.39, 0.29) is 5.60 Å². The first-order chi connectivity index (χ1) is 12.3. The molecule has 25 heavy (non-hydrogen) atoms. The zero-order valence-corrected chi connectivity index (χ0v) is 15.3. The fourth-order valence-electron chi connectivity index (χ4n) is 4.08. The van der Waals surface area contributed by atoms with Crippen LogP contribution in [0, 0.1) is 5.92 Å². The van der Waals surface area contributed by atoms with Gasteiger partial charge in [0.25, 0.3) is 0 Å². The Morgan fingerprint density at radius 3 is 3.16 bits per heavy atom. The van der Waals surface area contributed by atoms with Gasteiger partial charge in [0.1, 0.15) is 5.01 Å². The Balaban J connectivity index is 1.34. The molecular formula is C19H25N3O2S. The summed E-state index contributed by atoms with van der Waals surface area (Å²) in [6.07, 6.45) is 7.26. The summed E-state index contributed by atoms with van der Waals surface area (Å²) in [4.78, 5) is 11.3. The van der Waals surface area contributed by atoms with Crippen molar-refractivity contribution in [2.45, 2.75) is 38.0 Å². The van der Waals surface area contributed by atoms with Crippen LogP contribution in [0.15, 0.2) is 36.0 Å². The van der Waals surface area contributed by atoms with Crippen LogP contribution in [-0.4, -0.2) is 46.8 Å². The van der Waals surface area contributed by atoms with E-state index < -0.39 is 0 Å². The number of pyridine rings is 1. The van der Waals surface area contributed by atoms with E-state index >= 15 is 0 Å². The van der Waals surface area contributed by atoms with Gasteiger partial charge in [0.2, 0.25) is 0 Å². The molecule has 0 aromatic carbocycles. The maximum atomic E-state index is 6.34. The third kappa shape index (κ3) is 4.08. The smallest absolute Gasteiger partial charge is 0.107 e. The second kappa shape index (κ2) is 7.91. The molecule has 5 nitrogen and oxygen atoms in total. The molecule has 6 heteroatoms. The van der Waals surface area contributed by atoms with Crippen LogP contribution < -0.4 is 0 Å². The molecule has 1 aliphatic carbocycles. The van der Waals surface area contributed by atoms with Crippen molar-refractivity contribution >= 4 is 11.3 Å². The quantitative estimate of drug-likeness (QED) is 0.793. The monoisotopic (exact) mass is 359 g/mol. The fraction of sp³-hybridized carbons (Fsp3) is 0.579. The summed E-state index contributed by atoms with van der Waals surface area (Å²) < 4.78 is 12.3. The van der Waals surface area contributed by atoms with Gasteiger partial charge in [-0.2, -0.15) is 0 Å². The molecule has 4 rings (SSSR count). The van der Waals surface area contributed by atoms with E-state index in [4.69, 9.17) is 9.47 Å². The van der Waals surface area contributed by atoms with Gasteiger partial charge in [0.05, 0.1) is 37.7 Å². The van der Waals surface area contributed by atoms with E-state index in [1.807, 2.05) is 30.6 Å². The lowest BCUT2D eigenvalue weighted by molar-refractivity contribution is -0.144. The Morgan fingerprint density at radius 1 is 1.32 bits per heavy atom. The molecule has 2 aromatic heterocycles. The first-order valence-corrected chi connectivity index (χ1v) is 9.94. The van der Waals surface area contributed by atoms with Crippen molar-refractivity contribution in [1.29, 1.82) is 0 Å². The summed E-state index contributed by atoms with van der Waals surface area (Å²) in [5.74, 6) is 0.468. The van der Waals surface area contributed by atoms with Crippen LogP contribution in [0.1, 0.15) is 30.0 Å². The number of hydrogen-bond donors (Lipinski definition) is 0. The fourth-order valence-corrected chi connectivity index (χ4v) is 4.73. The van der Waals surface area contributed by atoms with Crippen LogP contribution in [0.25, 0.3) is 0 Å². The second-order valence-electron chi connectivity index (χ2n) is 6.98. The topological polar surface area (TPSA) is 47.5 Å². The molecule has 1 aliphatic heterocycles. The molecule has 0 N–H and O–H groups in total. The van der Waals surface area contributed by atoms with E-state index in [0.717, 1.165) is 45.0 Å². The first-order valence-electron chi connectivity index (χ1n) is 9.06. The highest BCUT2D eigenvalue weighted by Gasteiger charge is 2.46. The Morgan fingerprint density at radius 2 is 2.32 bits per heavy atom. The molecule has 0 unspecified atom stereocenters. The number of morpholine rings is 1. The van der Waals surface area contributed by atoms with Crippen LogP contribution in [0.4, 0.5) is 0 Å². The largest absolute Gasteiger partial charge is 0.375 e. The van der Waals surface area contributed by atoms with Gasteiger partial charge in [-0.15, -0.1) is 11.3 Å². The van der Waals surface area contributed by atoms with Gasteiger partial charge < -0.3 is 9.47 Å². The van der Waals surface area contributed by atoms with Crippen LogP contribution in [0.3, 0.4) is 0 Å². The van der Waals surface area contributed by atoms with Gasteiger partial charge in [0.15, 0.2) is 0 Å². The standard InChI is InChI=1S/C19H25N3O2S/c1-2-7-20-17(5-1)14-23-13-16-4-3-6-19(16)15-22(9-10-24-19)12-18-21-8-11-25-18/h1-2,5,7-8,11,16H,3-4,6,9-10,12-15H2/t16-,19-/m0/s1. The van der Waals surface area contributed by atoms with Crippen LogP contribution >= 0.6 is 11.3 Å². The normalized spacial score (nSPS) is 27.1. The predicted molar refractivity (Wildman–Crippen MR) is 97.3 cm³/mol. The van der Waals surface area contributed by atoms with Crippen molar-refractivity contribution in [3.05, 3.63) is 46.7 Å². The third-order valence-electron chi connectivity index (χ3n) is 5.32. The minimum Gasteiger partial charge on any atom is -0.375 e. The predicted octanol–water partition coefficient (Wildman–Crippen LogP) is 3.13. The number of thiazole rings is 1. The molecule has 2 aromatic rings. The first kappa shape index (κ1) is 17.1. The second-order valence-corrected chi connectivity index (χ2v) is 7.95. The van der Waals surface area contributed by atoms with Gasteiger partial charge in [-0.25, -0.2) is 4.98 Å². The third-order valence-corrected chi connectivity index (χ3v) is 6.09. The van der Waals surface area contributed by atoms with Crippen molar-refractivity contribution in [1.82, 2.24) is 14.9 Å². The van der Waals surface area contributed by atoms with Crippen molar-refractivity contribution in [3.63, 3.8) is 0 Å². The van der Waals surface area contributed by atoms with Crippen LogP contribution in [-0.2, 0) is 22.6 Å². The summed E-state index contributed by atoms with van der Waals surface area (Å²) >= 11 is 1.73. The molecule has 2 aliphatic rings. The Bertz CT molecular complexity index is 652. The Labute approximate surface area is 153 Å². The maximum Gasteiger partial charge on any atom is 0.107 e.